The van der Waals surface area contributed by atoms with Gasteiger partial charge in [0, 0.05) is 58.6 Å². The van der Waals surface area contributed by atoms with Crippen LogP contribution in [0.3, 0.4) is 0 Å². The highest BCUT2D eigenvalue weighted by atomic mass is 15.0. The maximum absolute atomic E-state index is 5.12. The normalized spacial score (nSPS) is 17.0. The standard InChI is InChI=1S/C42H27N7/c1-2-11-37-34(10-1)40-41(49-25-4-3-14-38(49)48-40)39(45-37)31-21-17-29(18-22-31)28-15-19-30(20-16-28)35-12-5-13-36(32-8-6-23-43-26-32)47-42(46-35)33-9-7-24-44-27-33/h1-27H/b12-5+,13-5?,35-12?,36-13+,46-35+,46-42?,47-36?,47-42-. The summed E-state index contributed by atoms with van der Waals surface area (Å²) < 4.78 is 2.13. The van der Waals surface area contributed by atoms with Crippen molar-refractivity contribution < 1.29 is 0 Å². The average molecular weight is 630 g/mol. The third-order valence-corrected chi connectivity index (χ3v) is 8.66. The Morgan fingerprint density at radius 3 is 1.98 bits per heavy atom. The maximum atomic E-state index is 5.12. The molecule has 0 bridgehead atoms. The molecule has 1 aliphatic rings. The minimum atomic E-state index is 0.588. The van der Waals surface area contributed by atoms with Crippen molar-refractivity contribution in [2.45, 2.75) is 0 Å². The van der Waals surface area contributed by atoms with E-state index in [1.165, 1.54) is 0 Å². The third-order valence-electron chi connectivity index (χ3n) is 8.66. The maximum Gasteiger partial charge on any atom is 0.161 e. The average Bonchev–Trinajstić information content (AvgIpc) is 3.56. The van der Waals surface area contributed by atoms with Gasteiger partial charge in [-0.3, -0.25) is 14.4 Å². The van der Waals surface area contributed by atoms with E-state index in [1.54, 1.807) is 24.8 Å². The van der Waals surface area contributed by atoms with Crippen LogP contribution in [0.2, 0.25) is 0 Å². The highest BCUT2D eigenvalue weighted by Crippen LogP contribution is 2.34. The van der Waals surface area contributed by atoms with Crippen LogP contribution in [0.5, 0.6) is 0 Å². The fourth-order valence-electron chi connectivity index (χ4n) is 6.23. The zero-order valence-corrected chi connectivity index (χ0v) is 26.2. The van der Waals surface area contributed by atoms with Crippen molar-refractivity contribution in [3.63, 3.8) is 0 Å². The molecular formula is C42H27N7. The fraction of sp³-hybridized carbons (Fsp3) is 0. The molecule has 9 rings (SSSR count). The number of allylic oxidation sites excluding steroid dienone is 3. The first-order valence-corrected chi connectivity index (χ1v) is 16.0. The van der Waals surface area contributed by atoms with Crippen LogP contribution in [0.4, 0.5) is 0 Å². The lowest BCUT2D eigenvalue weighted by molar-refractivity contribution is 1.22. The number of nitrogens with zero attached hydrogens (tertiary/aromatic N) is 7. The summed E-state index contributed by atoms with van der Waals surface area (Å²) >= 11 is 0. The first kappa shape index (κ1) is 28.4. The summed E-state index contributed by atoms with van der Waals surface area (Å²) in [6.45, 7) is 0. The van der Waals surface area contributed by atoms with Gasteiger partial charge in [-0.05, 0) is 65.7 Å². The highest BCUT2D eigenvalue weighted by molar-refractivity contribution is 6.18. The van der Waals surface area contributed by atoms with E-state index in [1.807, 2.05) is 72.8 Å². The molecule has 0 amide bonds. The Balaban J connectivity index is 1.05. The molecule has 49 heavy (non-hydrogen) atoms. The number of amidine groups is 1. The molecule has 0 saturated carbocycles. The molecule has 0 aliphatic carbocycles. The number of rotatable bonds is 5. The summed E-state index contributed by atoms with van der Waals surface area (Å²) in [5, 5.41) is 1.05. The van der Waals surface area contributed by atoms with Crippen molar-refractivity contribution in [2.75, 3.05) is 0 Å². The van der Waals surface area contributed by atoms with Crippen LogP contribution in [0, 0.1) is 0 Å². The molecular weight excluding hydrogens is 603 g/mol. The number of benzene rings is 3. The first-order chi connectivity index (χ1) is 24.3. The second-order valence-electron chi connectivity index (χ2n) is 11.7. The number of imidazole rings is 1. The van der Waals surface area contributed by atoms with Crippen molar-refractivity contribution in [2.24, 2.45) is 9.98 Å². The molecule has 230 valence electrons. The molecule has 7 nitrogen and oxygen atoms in total. The Morgan fingerprint density at radius 1 is 0.531 bits per heavy atom. The van der Waals surface area contributed by atoms with E-state index in [9.17, 15) is 0 Å². The van der Waals surface area contributed by atoms with Gasteiger partial charge < -0.3 is 0 Å². The summed E-state index contributed by atoms with van der Waals surface area (Å²) in [7, 11) is 0. The second-order valence-corrected chi connectivity index (χ2v) is 11.7. The Bertz CT molecular complexity index is 2620. The van der Waals surface area contributed by atoms with Crippen LogP contribution in [-0.4, -0.2) is 35.9 Å². The molecule has 0 spiro atoms. The topological polar surface area (TPSA) is 80.7 Å². The summed E-state index contributed by atoms with van der Waals surface area (Å²) in [6, 6.07) is 39.1. The Morgan fingerprint density at radius 2 is 1.22 bits per heavy atom. The number of fused-ring (bicyclic) bond motifs is 5. The largest absolute Gasteiger partial charge is 0.298 e. The number of hydrogen-bond donors (Lipinski definition) is 0. The minimum Gasteiger partial charge on any atom is -0.298 e. The SMILES string of the molecule is C1=C/C(c2ccc(-c3ccc(-c4nc5ccccc5c5nc6ccccn6c45)cc3)cc2)=N\C(c2cccnc2)=N/C(c2cccnc2)=C/1. The number of aromatic nitrogens is 5. The monoisotopic (exact) mass is 629 g/mol. The fourth-order valence-corrected chi connectivity index (χ4v) is 6.23. The molecule has 0 fully saturated rings. The van der Waals surface area contributed by atoms with Gasteiger partial charge in [-0.2, -0.15) is 0 Å². The number of pyridine rings is 4. The van der Waals surface area contributed by atoms with Gasteiger partial charge in [-0.1, -0.05) is 78.9 Å². The smallest absolute Gasteiger partial charge is 0.161 e. The Hall–Kier alpha value is -6.86. The lowest BCUT2D eigenvalue weighted by Crippen LogP contribution is -2.07. The molecule has 0 radical (unpaired) electrons. The molecule has 7 heteroatoms. The van der Waals surface area contributed by atoms with Crippen molar-refractivity contribution in [3.8, 4) is 22.4 Å². The van der Waals surface area contributed by atoms with Gasteiger partial charge in [0.05, 0.1) is 28.1 Å². The third kappa shape index (κ3) is 5.29. The van der Waals surface area contributed by atoms with E-state index in [0.717, 1.165) is 78.1 Å². The zero-order valence-electron chi connectivity index (χ0n) is 26.2. The van der Waals surface area contributed by atoms with Crippen LogP contribution >= 0.6 is 0 Å². The molecule has 0 saturated heterocycles. The van der Waals surface area contributed by atoms with Crippen molar-refractivity contribution in [3.05, 3.63) is 181 Å². The van der Waals surface area contributed by atoms with Crippen molar-refractivity contribution in [1.82, 2.24) is 24.3 Å². The molecule has 0 atom stereocenters. The summed E-state index contributed by atoms with van der Waals surface area (Å²) in [4.78, 5) is 28.7. The molecule has 5 aromatic heterocycles. The molecule has 0 N–H and O–H groups in total. The van der Waals surface area contributed by atoms with E-state index in [0.29, 0.717) is 5.84 Å². The molecule has 0 unspecified atom stereocenters. The zero-order chi connectivity index (χ0) is 32.6. The van der Waals surface area contributed by atoms with E-state index >= 15 is 0 Å². The van der Waals surface area contributed by atoms with Gasteiger partial charge in [0.2, 0.25) is 0 Å². The van der Waals surface area contributed by atoms with E-state index in [4.69, 9.17) is 20.0 Å². The Kier molecular flexibility index (Phi) is 6.98. The van der Waals surface area contributed by atoms with Crippen molar-refractivity contribution in [1.29, 1.82) is 0 Å². The number of aliphatic imine (C=N–C) groups is 2. The van der Waals surface area contributed by atoms with Gasteiger partial charge in [-0.15, -0.1) is 0 Å². The second kappa shape index (κ2) is 12.1. The van der Waals surface area contributed by atoms with Crippen LogP contribution in [0.15, 0.2) is 174 Å². The minimum absolute atomic E-state index is 0.588. The highest BCUT2D eigenvalue weighted by Gasteiger charge is 2.16. The van der Waals surface area contributed by atoms with E-state index < -0.39 is 0 Å². The van der Waals surface area contributed by atoms with Crippen LogP contribution in [-0.2, 0) is 0 Å². The number of hydrogen-bond acceptors (Lipinski definition) is 6. The predicted octanol–water partition coefficient (Wildman–Crippen LogP) is 9.01. The van der Waals surface area contributed by atoms with Gasteiger partial charge in [0.25, 0.3) is 0 Å². The lowest BCUT2D eigenvalue weighted by Gasteiger charge is -2.11. The molecule has 6 heterocycles. The van der Waals surface area contributed by atoms with Gasteiger partial charge in [0.15, 0.2) is 5.84 Å². The number of para-hydroxylation sites is 1. The van der Waals surface area contributed by atoms with Crippen molar-refractivity contribution >= 4 is 44.8 Å². The molecule has 3 aromatic carbocycles. The van der Waals surface area contributed by atoms with Gasteiger partial charge in [-0.25, -0.2) is 20.0 Å². The quantitative estimate of drug-likeness (QED) is 0.190. The lowest BCUT2D eigenvalue weighted by atomic mass is 9.99. The van der Waals surface area contributed by atoms with E-state index in [-0.39, 0.29) is 0 Å². The summed E-state index contributed by atoms with van der Waals surface area (Å²) in [6.07, 6.45) is 15.1. The van der Waals surface area contributed by atoms with Crippen LogP contribution in [0.25, 0.3) is 55.7 Å². The van der Waals surface area contributed by atoms with Gasteiger partial charge in [0.1, 0.15) is 11.2 Å². The summed E-state index contributed by atoms with van der Waals surface area (Å²) in [5.41, 5.74) is 12.3. The van der Waals surface area contributed by atoms with Crippen LogP contribution in [0.1, 0.15) is 16.7 Å². The molecule has 8 aromatic rings. The summed E-state index contributed by atoms with van der Waals surface area (Å²) in [5.74, 6) is 0.588. The van der Waals surface area contributed by atoms with E-state index in [2.05, 4.69) is 81.2 Å². The Labute approximate surface area is 282 Å². The predicted molar refractivity (Wildman–Crippen MR) is 198 cm³/mol. The van der Waals surface area contributed by atoms with Gasteiger partial charge >= 0.3 is 0 Å². The molecule has 1 aliphatic heterocycles. The first-order valence-electron chi connectivity index (χ1n) is 16.0. The van der Waals surface area contributed by atoms with Crippen LogP contribution < -0.4 is 0 Å².